The summed E-state index contributed by atoms with van der Waals surface area (Å²) in [4.78, 5) is 4.61. The van der Waals surface area contributed by atoms with Crippen molar-refractivity contribution in [3.8, 4) is 11.3 Å². The first-order chi connectivity index (χ1) is 7.79. The predicted octanol–water partition coefficient (Wildman–Crippen LogP) is 2.38. The molecule has 1 unspecified atom stereocenters. The summed E-state index contributed by atoms with van der Waals surface area (Å²) < 4.78 is 0. The van der Waals surface area contributed by atoms with Crippen LogP contribution in [0.4, 0.5) is 0 Å². The average Bonchev–Trinajstić information content (AvgIpc) is 2.83. The molecule has 16 heavy (non-hydrogen) atoms. The monoisotopic (exact) mass is 228 g/mol. The Morgan fingerprint density at radius 2 is 2.31 bits per heavy atom. The maximum absolute atomic E-state index is 4.61. The van der Waals surface area contributed by atoms with Crippen LogP contribution in [0.5, 0.6) is 0 Å². The fraction of sp³-hybridized carbons (Fsp3) is 0.333. The van der Waals surface area contributed by atoms with E-state index in [1.165, 1.54) is 0 Å². The number of aromatic amines is 1. The van der Waals surface area contributed by atoms with Gasteiger partial charge in [-0.2, -0.15) is 5.10 Å². The third-order valence-corrected chi connectivity index (χ3v) is 3.16. The van der Waals surface area contributed by atoms with Gasteiger partial charge in [0.15, 0.2) is 0 Å². The smallest absolute Gasteiger partial charge is 0.0736 e. The van der Waals surface area contributed by atoms with Gasteiger partial charge < -0.3 is 0 Å². The van der Waals surface area contributed by atoms with E-state index in [0.29, 0.717) is 5.54 Å². The van der Waals surface area contributed by atoms with Crippen LogP contribution in [-0.4, -0.2) is 25.4 Å². The van der Waals surface area contributed by atoms with Gasteiger partial charge in [0, 0.05) is 27.7 Å². The van der Waals surface area contributed by atoms with Crippen LogP contribution in [0.1, 0.15) is 19.0 Å². The van der Waals surface area contributed by atoms with E-state index in [9.17, 15) is 0 Å². The van der Waals surface area contributed by atoms with Crippen LogP contribution in [-0.2, 0) is 6.42 Å². The van der Waals surface area contributed by atoms with E-state index in [4.69, 9.17) is 0 Å². The molecule has 4 heteroatoms. The van der Waals surface area contributed by atoms with Crippen molar-refractivity contribution in [2.24, 2.45) is 0 Å². The minimum Gasteiger partial charge on any atom is -0.285 e. The highest BCUT2D eigenvalue weighted by Crippen LogP contribution is 2.18. The van der Waals surface area contributed by atoms with Gasteiger partial charge in [0.1, 0.15) is 0 Å². The lowest BCUT2D eigenvalue weighted by molar-refractivity contribution is 0.774. The minimum atomic E-state index is 0.493. The molecule has 0 amide bonds. The Balaban J connectivity index is 2.20. The van der Waals surface area contributed by atoms with Crippen LogP contribution in [0.15, 0.2) is 30.6 Å². The van der Waals surface area contributed by atoms with Crippen LogP contribution < -0.4 is 0 Å². The Kier molecular flexibility index (Phi) is 3.51. The summed E-state index contributed by atoms with van der Waals surface area (Å²) in [6.07, 6.45) is 5.71. The molecule has 0 saturated carbocycles. The van der Waals surface area contributed by atoms with Crippen molar-refractivity contribution in [1.29, 1.82) is 0 Å². The van der Waals surface area contributed by atoms with Crippen molar-refractivity contribution in [2.75, 3.05) is 0 Å². The third kappa shape index (κ3) is 2.58. The lowest BCUT2D eigenvalue weighted by Crippen LogP contribution is -1.99. The summed E-state index contributed by atoms with van der Waals surface area (Å²) in [5, 5.41) is 6.73. The van der Waals surface area contributed by atoms with Gasteiger partial charge in [0.05, 0.1) is 11.9 Å². The molecule has 3 nitrogen and oxygen atoms in total. The van der Waals surface area contributed by atoms with E-state index in [2.05, 4.69) is 38.4 Å². The lowest BCUT2D eigenvalue weighted by Gasteiger charge is -2.08. The van der Waals surface area contributed by atoms with E-state index in [-0.39, 0.29) is 0 Å². The highest BCUT2D eigenvalue weighted by Gasteiger charge is 2.05. The Bertz CT molecular complexity index is 439. The quantitative estimate of drug-likeness (QED) is 0.816. The van der Waals surface area contributed by atoms with Gasteiger partial charge in [-0.3, -0.25) is 10.1 Å². The second-order valence-corrected chi connectivity index (χ2v) is 4.63. The van der Waals surface area contributed by atoms with E-state index >= 15 is 0 Å². The van der Waals surface area contributed by atoms with Crippen LogP contribution in [0.3, 0.4) is 0 Å². The zero-order valence-corrected chi connectivity index (χ0v) is 10.3. The zero-order chi connectivity index (χ0) is 11.4. The molecular weight excluding hydrogens is 214 g/mol. The summed E-state index contributed by atoms with van der Waals surface area (Å²) in [7, 11) is 3.68. The Morgan fingerprint density at radius 1 is 1.44 bits per heavy atom. The van der Waals surface area contributed by atoms with Crippen LogP contribution in [0.25, 0.3) is 11.3 Å². The van der Waals surface area contributed by atoms with E-state index in [1.807, 2.05) is 18.3 Å². The molecular formula is C12H14N3Si. The predicted molar refractivity (Wildman–Crippen MR) is 65.3 cm³/mol. The summed E-state index contributed by atoms with van der Waals surface area (Å²) >= 11 is 0. The first kappa shape index (κ1) is 11.1. The maximum atomic E-state index is 4.61. The van der Waals surface area contributed by atoms with Crippen molar-refractivity contribution in [3.05, 3.63) is 36.3 Å². The summed E-state index contributed by atoms with van der Waals surface area (Å²) in [5.41, 5.74) is 3.61. The number of aromatic nitrogens is 3. The molecule has 0 bridgehead atoms. The number of rotatable bonds is 4. The standard InChI is InChI=1S/C12H14N3Si/c1-2-11(16)6-10-4-3-5-12(15-10)9-7-13-14-8-9/h3-5,7-8,11H,2,6H2,1H3,(H,13,14). The topological polar surface area (TPSA) is 41.6 Å². The highest BCUT2D eigenvalue weighted by molar-refractivity contribution is 6.11. The molecule has 0 fully saturated rings. The molecule has 0 aromatic carbocycles. The van der Waals surface area contributed by atoms with Crippen LogP contribution >= 0.6 is 0 Å². The summed E-state index contributed by atoms with van der Waals surface area (Å²) in [6, 6.07) is 6.11. The minimum absolute atomic E-state index is 0.493. The molecule has 0 aliphatic rings. The van der Waals surface area contributed by atoms with Gasteiger partial charge in [-0.05, 0) is 24.1 Å². The van der Waals surface area contributed by atoms with Gasteiger partial charge in [-0.25, -0.2) is 0 Å². The largest absolute Gasteiger partial charge is 0.285 e. The normalized spacial score (nSPS) is 12.6. The zero-order valence-electron chi connectivity index (χ0n) is 9.27. The molecule has 2 rings (SSSR count). The lowest BCUT2D eigenvalue weighted by atomic mass is 10.1. The third-order valence-electron chi connectivity index (χ3n) is 2.55. The Hall–Kier alpha value is -1.42. The van der Waals surface area contributed by atoms with Gasteiger partial charge in [0.25, 0.3) is 0 Å². The molecule has 0 aliphatic carbocycles. The fourth-order valence-electron chi connectivity index (χ4n) is 1.54. The average molecular weight is 228 g/mol. The summed E-state index contributed by atoms with van der Waals surface area (Å²) in [6.45, 7) is 2.16. The van der Waals surface area contributed by atoms with Crippen LogP contribution in [0.2, 0.25) is 5.54 Å². The number of hydrogen-bond acceptors (Lipinski definition) is 2. The van der Waals surface area contributed by atoms with Crippen molar-refractivity contribution >= 4 is 10.2 Å². The molecule has 1 atom stereocenters. The molecule has 0 saturated heterocycles. The van der Waals surface area contributed by atoms with Crippen LogP contribution in [0, 0.1) is 0 Å². The Morgan fingerprint density at radius 3 is 3.00 bits per heavy atom. The van der Waals surface area contributed by atoms with Gasteiger partial charge in [0.2, 0.25) is 0 Å². The van der Waals surface area contributed by atoms with E-state index in [1.54, 1.807) is 6.20 Å². The number of pyridine rings is 1. The second kappa shape index (κ2) is 5.07. The van der Waals surface area contributed by atoms with Gasteiger partial charge >= 0.3 is 0 Å². The summed E-state index contributed by atoms with van der Waals surface area (Å²) in [5.74, 6) is 0. The van der Waals surface area contributed by atoms with Gasteiger partial charge in [-0.1, -0.05) is 19.4 Å². The molecule has 0 spiro atoms. The fourth-order valence-corrected chi connectivity index (χ4v) is 1.75. The molecule has 0 aliphatic heterocycles. The molecule has 3 radical (unpaired) electrons. The molecule has 2 aromatic heterocycles. The van der Waals surface area contributed by atoms with Crippen molar-refractivity contribution < 1.29 is 0 Å². The Labute approximate surface area is 98.7 Å². The van der Waals surface area contributed by atoms with Gasteiger partial charge in [-0.15, -0.1) is 0 Å². The second-order valence-electron chi connectivity index (χ2n) is 3.81. The maximum Gasteiger partial charge on any atom is 0.0736 e. The SMILES string of the molecule is CCC([Si])Cc1cccc(-c2cn[nH]c2)n1. The molecule has 2 aromatic rings. The number of nitrogens with one attached hydrogen (secondary N) is 1. The van der Waals surface area contributed by atoms with Crippen molar-refractivity contribution in [3.63, 3.8) is 0 Å². The van der Waals surface area contributed by atoms with E-state index < -0.39 is 0 Å². The number of hydrogen-bond donors (Lipinski definition) is 1. The molecule has 1 N–H and O–H groups in total. The van der Waals surface area contributed by atoms with Crippen molar-refractivity contribution in [2.45, 2.75) is 25.3 Å². The molecule has 2 heterocycles. The first-order valence-corrected chi connectivity index (χ1v) is 6.03. The first-order valence-electron chi connectivity index (χ1n) is 5.45. The highest BCUT2D eigenvalue weighted by atomic mass is 28.1. The number of nitrogens with zero attached hydrogens (tertiary/aromatic N) is 2. The molecule has 81 valence electrons. The van der Waals surface area contributed by atoms with Crippen molar-refractivity contribution in [1.82, 2.24) is 15.2 Å². The van der Waals surface area contributed by atoms with E-state index in [0.717, 1.165) is 29.8 Å². The number of H-pyrrole nitrogens is 1.